The third kappa shape index (κ3) is 6.25. The molecule has 0 aromatic heterocycles. The Morgan fingerprint density at radius 1 is 1.47 bits per heavy atom. The number of hydrogen-bond donors (Lipinski definition) is 1. The fourth-order valence-electron chi connectivity index (χ4n) is 0.789. The van der Waals surface area contributed by atoms with E-state index in [9.17, 15) is 4.79 Å². The van der Waals surface area contributed by atoms with Crippen molar-refractivity contribution >= 4 is 5.91 Å². The molecular formula is C11H21NO3. The molecule has 0 heterocycles. The number of methoxy groups -OCH3 is 1. The quantitative estimate of drug-likeness (QED) is 0.511. The molecule has 0 saturated heterocycles. The molecule has 0 saturated carbocycles. The van der Waals surface area contributed by atoms with Crippen LogP contribution in [-0.4, -0.2) is 38.4 Å². The van der Waals surface area contributed by atoms with Crippen LogP contribution in [0.1, 0.15) is 20.8 Å². The van der Waals surface area contributed by atoms with Crippen LogP contribution in [0, 0.1) is 0 Å². The lowest BCUT2D eigenvalue weighted by molar-refractivity contribution is -0.139. The number of ether oxygens (including phenoxy) is 2. The topological polar surface area (TPSA) is 47.6 Å². The van der Waals surface area contributed by atoms with Gasteiger partial charge in [0.05, 0.1) is 13.2 Å². The highest BCUT2D eigenvalue weighted by molar-refractivity contribution is 5.84. The lowest BCUT2D eigenvalue weighted by Gasteiger charge is -2.21. The Hall–Kier alpha value is -0.870. The molecule has 0 aliphatic rings. The monoisotopic (exact) mass is 215 g/mol. The van der Waals surface area contributed by atoms with Gasteiger partial charge in [0.1, 0.15) is 5.60 Å². The standard InChI is InChI=1S/C11H21NO3/c1-9(2)8-15-7-6-12-10(13)11(3,4)14-5/h1,6-8H2,2-5H3,(H,12,13). The zero-order valence-electron chi connectivity index (χ0n) is 10.1. The second kappa shape index (κ2) is 6.58. The summed E-state index contributed by atoms with van der Waals surface area (Å²) in [4.78, 5) is 11.5. The van der Waals surface area contributed by atoms with Gasteiger partial charge in [-0.2, -0.15) is 0 Å². The summed E-state index contributed by atoms with van der Waals surface area (Å²) < 4.78 is 10.3. The van der Waals surface area contributed by atoms with E-state index in [-0.39, 0.29) is 5.91 Å². The Morgan fingerprint density at radius 3 is 2.53 bits per heavy atom. The van der Waals surface area contributed by atoms with E-state index in [4.69, 9.17) is 9.47 Å². The van der Waals surface area contributed by atoms with E-state index in [0.717, 1.165) is 5.57 Å². The van der Waals surface area contributed by atoms with Crippen LogP contribution in [0.3, 0.4) is 0 Å². The minimum absolute atomic E-state index is 0.135. The van der Waals surface area contributed by atoms with Crippen LogP contribution in [0.4, 0.5) is 0 Å². The van der Waals surface area contributed by atoms with Crippen molar-refractivity contribution in [1.82, 2.24) is 5.32 Å². The minimum atomic E-state index is -0.783. The molecule has 4 heteroatoms. The summed E-state index contributed by atoms with van der Waals surface area (Å²) in [7, 11) is 1.51. The number of amides is 1. The number of carbonyl (C=O) groups is 1. The van der Waals surface area contributed by atoms with Gasteiger partial charge in [-0.3, -0.25) is 4.79 Å². The molecule has 0 spiro atoms. The van der Waals surface area contributed by atoms with Crippen LogP contribution in [0.15, 0.2) is 12.2 Å². The number of rotatable bonds is 7. The maximum absolute atomic E-state index is 11.5. The van der Waals surface area contributed by atoms with E-state index in [2.05, 4.69) is 11.9 Å². The second-order valence-corrected chi connectivity index (χ2v) is 3.98. The Morgan fingerprint density at radius 2 is 2.07 bits per heavy atom. The van der Waals surface area contributed by atoms with Crippen LogP contribution < -0.4 is 5.32 Å². The summed E-state index contributed by atoms with van der Waals surface area (Å²) in [6, 6.07) is 0. The molecule has 0 bridgehead atoms. The second-order valence-electron chi connectivity index (χ2n) is 3.98. The maximum Gasteiger partial charge on any atom is 0.251 e. The highest BCUT2D eigenvalue weighted by atomic mass is 16.5. The fraction of sp³-hybridized carbons (Fsp3) is 0.727. The maximum atomic E-state index is 11.5. The molecule has 0 aromatic rings. The fourth-order valence-corrected chi connectivity index (χ4v) is 0.789. The van der Waals surface area contributed by atoms with Crippen LogP contribution in [-0.2, 0) is 14.3 Å². The Kier molecular flexibility index (Phi) is 6.20. The molecular weight excluding hydrogens is 194 g/mol. The average molecular weight is 215 g/mol. The third-order valence-corrected chi connectivity index (χ3v) is 1.94. The molecule has 0 aliphatic heterocycles. The van der Waals surface area contributed by atoms with E-state index < -0.39 is 5.60 Å². The van der Waals surface area contributed by atoms with Crippen molar-refractivity contribution in [1.29, 1.82) is 0 Å². The van der Waals surface area contributed by atoms with Crippen LogP contribution in [0.2, 0.25) is 0 Å². The molecule has 0 radical (unpaired) electrons. The van der Waals surface area contributed by atoms with Crippen molar-refractivity contribution in [3.05, 3.63) is 12.2 Å². The zero-order valence-corrected chi connectivity index (χ0v) is 10.1. The number of nitrogens with one attached hydrogen (secondary N) is 1. The summed E-state index contributed by atoms with van der Waals surface area (Å²) >= 11 is 0. The van der Waals surface area contributed by atoms with Crippen molar-refractivity contribution in [3.63, 3.8) is 0 Å². The van der Waals surface area contributed by atoms with Crippen LogP contribution >= 0.6 is 0 Å². The van der Waals surface area contributed by atoms with Gasteiger partial charge in [0.2, 0.25) is 0 Å². The number of carbonyl (C=O) groups excluding carboxylic acids is 1. The van der Waals surface area contributed by atoms with Crippen molar-refractivity contribution in [3.8, 4) is 0 Å². The van der Waals surface area contributed by atoms with E-state index in [0.29, 0.717) is 19.8 Å². The van der Waals surface area contributed by atoms with Crippen molar-refractivity contribution < 1.29 is 14.3 Å². The molecule has 0 fully saturated rings. The Bertz CT molecular complexity index is 224. The first-order chi connectivity index (χ1) is 6.90. The first-order valence-electron chi connectivity index (χ1n) is 4.95. The summed E-state index contributed by atoms with van der Waals surface area (Å²) in [5, 5.41) is 2.73. The van der Waals surface area contributed by atoms with Gasteiger partial charge in [-0.1, -0.05) is 12.2 Å². The first-order valence-corrected chi connectivity index (χ1v) is 4.95. The predicted octanol–water partition coefficient (Wildman–Crippen LogP) is 1.12. The minimum Gasteiger partial charge on any atom is -0.375 e. The smallest absolute Gasteiger partial charge is 0.251 e. The molecule has 15 heavy (non-hydrogen) atoms. The van der Waals surface area contributed by atoms with Crippen molar-refractivity contribution in [2.75, 3.05) is 26.9 Å². The summed E-state index contributed by atoms with van der Waals surface area (Å²) in [5.41, 5.74) is 0.187. The third-order valence-electron chi connectivity index (χ3n) is 1.94. The van der Waals surface area contributed by atoms with E-state index >= 15 is 0 Å². The Balaban J connectivity index is 3.60. The van der Waals surface area contributed by atoms with E-state index in [1.165, 1.54) is 7.11 Å². The summed E-state index contributed by atoms with van der Waals surface area (Å²) in [6.07, 6.45) is 0. The molecule has 88 valence electrons. The molecule has 0 aromatic carbocycles. The molecule has 4 nitrogen and oxygen atoms in total. The van der Waals surface area contributed by atoms with Crippen LogP contribution in [0.25, 0.3) is 0 Å². The van der Waals surface area contributed by atoms with Gasteiger partial charge in [0.25, 0.3) is 5.91 Å². The van der Waals surface area contributed by atoms with Gasteiger partial charge >= 0.3 is 0 Å². The van der Waals surface area contributed by atoms with Gasteiger partial charge in [-0.15, -0.1) is 0 Å². The summed E-state index contributed by atoms with van der Waals surface area (Å²) in [6.45, 7) is 10.5. The first kappa shape index (κ1) is 14.1. The molecule has 0 rings (SSSR count). The van der Waals surface area contributed by atoms with E-state index in [1.54, 1.807) is 13.8 Å². The van der Waals surface area contributed by atoms with Gasteiger partial charge in [-0.25, -0.2) is 0 Å². The van der Waals surface area contributed by atoms with E-state index in [1.807, 2.05) is 6.92 Å². The van der Waals surface area contributed by atoms with Crippen molar-refractivity contribution in [2.24, 2.45) is 0 Å². The molecule has 0 atom stereocenters. The molecule has 0 unspecified atom stereocenters. The van der Waals surface area contributed by atoms with Crippen LogP contribution in [0.5, 0.6) is 0 Å². The van der Waals surface area contributed by atoms with Gasteiger partial charge in [-0.05, 0) is 20.8 Å². The van der Waals surface area contributed by atoms with Crippen molar-refractivity contribution in [2.45, 2.75) is 26.4 Å². The normalized spacial score (nSPS) is 11.2. The largest absolute Gasteiger partial charge is 0.375 e. The average Bonchev–Trinajstić information content (AvgIpc) is 2.16. The number of hydrogen-bond acceptors (Lipinski definition) is 3. The molecule has 1 amide bonds. The Labute approximate surface area is 91.6 Å². The predicted molar refractivity (Wildman–Crippen MR) is 59.7 cm³/mol. The van der Waals surface area contributed by atoms with Gasteiger partial charge in [0, 0.05) is 13.7 Å². The highest BCUT2D eigenvalue weighted by Crippen LogP contribution is 2.06. The van der Waals surface area contributed by atoms with Gasteiger partial charge < -0.3 is 14.8 Å². The SMILES string of the molecule is C=C(C)COCCNC(=O)C(C)(C)OC. The molecule has 0 aliphatic carbocycles. The lowest BCUT2D eigenvalue weighted by Crippen LogP contribution is -2.44. The molecule has 1 N–H and O–H groups in total. The zero-order chi connectivity index (χ0) is 11.9. The summed E-state index contributed by atoms with van der Waals surface area (Å²) in [5.74, 6) is -0.135. The highest BCUT2D eigenvalue weighted by Gasteiger charge is 2.26. The van der Waals surface area contributed by atoms with Gasteiger partial charge in [0.15, 0.2) is 0 Å². The lowest BCUT2D eigenvalue weighted by atomic mass is 10.1.